The van der Waals surface area contributed by atoms with Crippen LogP contribution in [0.25, 0.3) is 0 Å². The number of hydrogen-bond donors (Lipinski definition) is 1. The first-order chi connectivity index (χ1) is 9.93. The summed E-state index contributed by atoms with van der Waals surface area (Å²) in [6.07, 6.45) is 0.226. The number of rotatable bonds is 7. The molecule has 1 aromatic rings. The largest absolute Gasteiger partial charge is 0.493 e. The van der Waals surface area contributed by atoms with Gasteiger partial charge in [0, 0.05) is 32.4 Å². The molecule has 6 heteroatoms. The number of nitrogen functional groups attached to an aromatic ring is 1. The lowest BCUT2D eigenvalue weighted by molar-refractivity contribution is -0.139. The molecule has 0 heterocycles. The average molecular weight is 293 g/mol. The van der Waals surface area contributed by atoms with Crippen molar-refractivity contribution in [1.82, 2.24) is 9.80 Å². The van der Waals surface area contributed by atoms with Crippen LogP contribution >= 0.6 is 0 Å². The van der Waals surface area contributed by atoms with Crippen LogP contribution in [0, 0.1) is 0 Å². The zero-order valence-electron chi connectivity index (χ0n) is 12.8. The Morgan fingerprint density at radius 2 is 1.95 bits per heavy atom. The Morgan fingerprint density at radius 3 is 2.52 bits per heavy atom. The van der Waals surface area contributed by atoms with Gasteiger partial charge in [0.1, 0.15) is 5.75 Å². The van der Waals surface area contributed by atoms with E-state index in [2.05, 4.69) is 0 Å². The maximum absolute atomic E-state index is 12.0. The Kier molecular flexibility index (Phi) is 6.52. The maximum Gasteiger partial charge on any atom is 0.241 e. The van der Waals surface area contributed by atoms with E-state index >= 15 is 0 Å². The molecule has 1 aromatic carbocycles. The van der Waals surface area contributed by atoms with Crippen molar-refractivity contribution in [3.63, 3.8) is 0 Å². The van der Waals surface area contributed by atoms with Crippen LogP contribution in [-0.4, -0.2) is 55.4 Å². The molecule has 0 saturated carbocycles. The fraction of sp³-hybridized carbons (Fsp3) is 0.467. The fourth-order valence-corrected chi connectivity index (χ4v) is 1.70. The standard InChI is InChI=1S/C15H23N3O3/c1-4-18(11-15(20)17(2)3)14(19)8-9-21-13-7-5-6-12(16)10-13/h5-7,10H,4,8-9,11,16H2,1-3H3. The third-order valence-corrected chi connectivity index (χ3v) is 3.00. The van der Waals surface area contributed by atoms with Crippen molar-refractivity contribution < 1.29 is 14.3 Å². The van der Waals surface area contributed by atoms with Gasteiger partial charge in [0.15, 0.2) is 0 Å². The van der Waals surface area contributed by atoms with Crippen LogP contribution in [0.5, 0.6) is 5.75 Å². The molecule has 0 radical (unpaired) electrons. The summed E-state index contributed by atoms with van der Waals surface area (Å²) in [7, 11) is 3.34. The molecule has 0 bridgehead atoms. The van der Waals surface area contributed by atoms with Crippen molar-refractivity contribution in [3.05, 3.63) is 24.3 Å². The van der Waals surface area contributed by atoms with Gasteiger partial charge in [-0.05, 0) is 19.1 Å². The van der Waals surface area contributed by atoms with Crippen LogP contribution in [0.4, 0.5) is 5.69 Å². The molecular formula is C15H23N3O3. The normalized spacial score (nSPS) is 10.0. The monoisotopic (exact) mass is 293 g/mol. The molecule has 1 rings (SSSR count). The van der Waals surface area contributed by atoms with Crippen LogP contribution < -0.4 is 10.5 Å². The van der Waals surface area contributed by atoms with Gasteiger partial charge < -0.3 is 20.3 Å². The minimum Gasteiger partial charge on any atom is -0.493 e. The van der Waals surface area contributed by atoms with E-state index in [0.29, 0.717) is 18.0 Å². The first-order valence-electron chi connectivity index (χ1n) is 6.90. The van der Waals surface area contributed by atoms with E-state index in [1.807, 2.05) is 6.92 Å². The third-order valence-electron chi connectivity index (χ3n) is 3.00. The SMILES string of the molecule is CCN(CC(=O)N(C)C)C(=O)CCOc1cccc(N)c1. The second-order valence-corrected chi connectivity index (χ2v) is 4.87. The molecule has 0 fully saturated rings. The first kappa shape index (κ1) is 16.8. The number of hydrogen-bond acceptors (Lipinski definition) is 4. The highest BCUT2D eigenvalue weighted by atomic mass is 16.5. The number of nitrogens with zero attached hydrogens (tertiary/aromatic N) is 2. The van der Waals surface area contributed by atoms with Crippen LogP contribution in [-0.2, 0) is 9.59 Å². The molecule has 6 nitrogen and oxygen atoms in total. The molecule has 0 atom stereocenters. The van der Waals surface area contributed by atoms with Gasteiger partial charge in [0.05, 0.1) is 19.6 Å². The van der Waals surface area contributed by atoms with Crippen molar-refractivity contribution in [2.24, 2.45) is 0 Å². The van der Waals surface area contributed by atoms with Gasteiger partial charge in [-0.1, -0.05) is 6.07 Å². The summed E-state index contributed by atoms with van der Waals surface area (Å²) in [5, 5.41) is 0. The summed E-state index contributed by atoms with van der Waals surface area (Å²) in [6.45, 7) is 2.70. The predicted octanol–water partition coefficient (Wildman–Crippen LogP) is 0.974. The highest BCUT2D eigenvalue weighted by Gasteiger charge is 2.16. The van der Waals surface area contributed by atoms with Gasteiger partial charge in [-0.25, -0.2) is 0 Å². The summed E-state index contributed by atoms with van der Waals surface area (Å²) >= 11 is 0. The number of anilines is 1. The van der Waals surface area contributed by atoms with Crippen molar-refractivity contribution >= 4 is 17.5 Å². The van der Waals surface area contributed by atoms with Crippen LogP contribution in [0.1, 0.15) is 13.3 Å². The second kappa shape index (κ2) is 8.14. The zero-order chi connectivity index (χ0) is 15.8. The van der Waals surface area contributed by atoms with E-state index < -0.39 is 0 Å². The topological polar surface area (TPSA) is 75.9 Å². The predicted molar refractivity (Wildman–Crippen MR) is 81.9 cm³/mol. The van der Waals surface area contributed by atoms with E-state index in [-0.39, 0.29) is 31.4 Å². The molecule has 21 heavy (non-hydrogen) atoms. The number of carbonyl (C=O) groups excluding carboxylic acids is 2. The molecule has 0 unspecified atom stereocenters. The van der Waals surface area contributed by atoms with E-state index in [1.165, 1.54) is 9.80 Å². The minimum absolute atomic E-state index is 0.0954. The van der Waals surface area contributed by atoms with Crippen LogP contribution in [0.2, 0.25) is 0 Å². The molecule has 0 spiro atoms. The number of amides is 2. The lowest BCUT2D eigenvalue weighted by atomic mass is 10.3. The number of likely N-dealkylation sites (N-methyl/N-ethyl adjacent to an activating group) is 2. The second-order valence-electron chi connectivity index (χ2n) is 4.87. The van der Waals surface area contributed by atoms with Gasteiger partial charge in [-0.15, -0.1) is 0 Å². The van der Waals surface area contributed by atoms with Gasteiger partial charge in [-0.2, -0.15) is 0 Å². The third kappa shape index (κ3) is 5.72. The number of nitrogens with two attached hydrogens (primary N) is 1. The van der Waals surface area contributed by atoms with E-state index in [0.717, 1.165) is 0 Å². The van der Waals surface area contributed by atoms with Gasteiger partial charge >= 0.3 is 0 Å². The smallest absolute Gasteiger partial charge is 0.241 e. The van der Waals surface area contributed by atoms with E-state index in [4.69, 9.17) is 10.5 Å². The minimum atomic E-state index is -0.100. The summed E-state index contributed by atoms with van der Waals surface area (Å²) < 4.78 is 5.48. The number of benzene rings is 1. The Hall–Kier alpha value is -2.24. The highest BCUT2D eigenvalue weighted by Crippen LogP contribution is 2.14. The fourth-order valence-electron chi connectivity index (χ4n) is 1.70. The highest BCUT2D eigenvalue weighted by molar-refractivity contribution is 5.84. The zero-order valence-corrected chi connectivity index (χ0v) is 12.8. The van der Waals surface area contributed by atoms with Crippen molar-refractivity contribution in [3.8, 4) is 5.75 Å². The van der Waals surface area contributed by atoms with Gasteiger partial charge in [0.25, 0.3) is 0 Å². The number of ether oxygens (including phenoxy) is 1. The molecular weight excluding hydrogens is 270 g/mol. The van der Waals surface area contributed by atoms with Crippen molar-refractivity contribution in [1.29, 1.82) is 0 Å². The molecule has 0 aliphatic rings. The maximum atomic E-state index is 12.0. The summed E-state index contributed by atoms with van der Waals surface area (Å²) in [4.78, 5) is 26.7. The molecule has 2 N–H and O–H groups in total. The Morgan fingerprint density at radius 1 is 1.24 bits per heavy atom. The van der Waals surface area contributed by atoms with Crippen LogP contribution in [0.3, 0.4) is 0 Å². The molecule has 0 aliphatic heterocycles. The molecule has 0 aliphatic carbocycles. The van der Waals surface area contributed by atoms with Crippen LogP contribution in [0.15, 0.2) is 24.3 Å². The Labute approximate surface area is 125 Å². The molecule has 116 valence electrons. The Balaban J connectivity index is 2.42. The van der Waals surface area contributed by atoms with Crippen molar-refractivity contribution in [2.45, 2.75) is 13.3 Å². The summed E-state index contributed by atoms with van der Waals surface area (Å²) in [6, 6.07) is 7.05. The van der Waals surface area contributed by atoms with E-state index in [1.54, 1.807) is 38.4 Å². The average Bonchev–Trinajstić information content (AvgIpc) is 2.44. The molecule has 2 amide bonds. The van der Waals surface area contributed by atoms with E-state index in [9.17, 15) is 9.59 Å². The quantitative estimate of drug-likeness (QED) is 0.760. The summed E-state index contributed by atoms with van der Waals surface area (Å²) in [5.41, 5.74) is 6.26. The summed E-state index contributed by atoms with van der Waals surface area (Å²) in [5.74, 6) is 0.439. The van der Waals surface area contributed by atoms with Crippen molar-refractivity contribution in [2.75, 3.05) is 39.5 Å². The first-order valence-corrected chi connectivity index (χ1v) is 6.90. The molecule has 0 aromatic heterocycles. The number of carbonyl (C=O) groups is 2. The lowest BCUT2D eigenvalue weighted by Gasteiger charge is -2.22. The lowest BCUT2D eigenvalue weighted by Crippen LogP contribution is -2.40. The Bertz CT molecular complexity index is 489. The van der Waals surface area contributed by atoms with Gasteiger partial charge in [-0.3, -0.25) is 9.59 Å². The van der Waals surface area contributed by atoms with Gasteiger partial charge in [0.2, 0.25) is 11.8 Å². The molecule has 0 saturated heterocycles.